The van der Waals surface area contributed by atoms with Crippen molar-refractivity contribution in [3.8, 4) is 0 Å². The first-order valence-corrected chi connectivity index (χ1v) is 5.15. The Hall–Kier alpha value is -0.560. The van der Waals surface area contributed by atoms with Gasteiger partial charge in [-0.3, -0.25) is 4.79 Å². The molecule has 0 N–H and O–H groups in total. The molecule has 0 saturated heterocycles. The molecule has 1 aliphatic carbocycles. The Morgan fingerprint density at radius 3 is 2.31 bits per heavy atom. The lowest BCUT2D eigenvalue weighted by Crippen LogP contribution is -1.80. The van der Waals surface area contributed by atoms with Gasteiger partial charge in [0.2, 0.25) is 0 Å². The van der Waals surface area contributed by atoms with Crippen LogP contribution in [0.3, 0.4) is 0 Å². The molecule has 2 heteroatoms. The third kappa shape index (κ3) is 7.79. The van der Waals surface area contributed by atoms with E-state index in [0.717, 1.165) is 19.3 Å². The Morgan fingerprint density at radius 1 is 1.46 bits per heavy atom. The van der Waals surface area contributed by atoms with Crippen LogP contribution >= 0.6 is 11.6 Å². The maximum Gasteiger partial charge on any atom is 0.155 e. The molecule has 0 atom stereocenters. The standard InChI is InChI=1S/C6H8O.C5H9Cl/c1-5-2-3-6(7)4-5;1-2-3-4-5-6/h4H,2-3H2,1H3;3-4H,2,5H2,1H3/b;4-3+. The molecular formula is C11H17ClO. The molecule has 0 fully saturated rings. The third-order valence-electron chi connectivity index (χ3n) is 1.66. The van der Waals surface area contributed by atoms with Crippen LogP contribution in [0.4, 0.5) is 0 Å². The zero-order valence-electron chi connectivity index (χ0n) is 8.35. The summed E-state index contributed by atoms with van der Waals surface area (Å²) >= 11 is 5.29. The first-order chi connectivity index (χ1) is 6.20. The summed E-state index contributed by atoms with van der Waals surface area (Å²) in [5, 5.41) is 0. The number of hydrogen-bond acceptors (Lipinski definition) is 1. The number of alkyl halides is 1. The van der Waals surface area contributed by atoms with Gasteiger partial charge < -0.3 is 0 Å². The number of rotatable bonds is 2. The fraction of sp³-hybridized carbons (Fsp3) is 0.545. The number of halogens is 1. The van der Waals surface area contributed by atoms with Crippen LogP contribution < -0.4 is 0 Å². The molecule has 0 unspecified atom stereocenters. The summed E-state index contributed by atoms with van der Waals surface area (Å²) in [5.41, 5.74) is 1.23. The van der Waals surface area contributed by atoms with Gasteiger partial charge in [-0.1, -0.05) is 24.6 Å². The van der Waals surface area contributed by atoms with E-state index in [4.69, 9.17) is 11.6 Å². The van der Waals surface area contributed by atoms with Gasteiger partial charge >= 0.3 is 0 Å². The Bertz CT molecular complexity index is 198. The zero-order valence-corrected chi connectivity index (χ0v) is 9.10. The van der Waals surface area contributed by atoms with Crippen molar-refractivity contribution in [2.24, 2.45) is 0 Å². The van der Waals surface area contributed by atoms with Gasteiger partial charge in [0.1, 0.15) is 0 Å². The third-order valence-corrected chi connectivity index (χ3v) is 1.84. The van der Waals surface area contributed by atoms with Crippen LogP contribution in [-0.2, 0) is 4.79 Å². The normalized spacial score (nSPS) is 15.6. The highest BCUT2D eigenvalue weighted by Crippen LogP contribution is 2.12. The Labute approximate surface area is 85.5 Å². The molecule has 13 heavy (non-hydrogen) atoms. The number of carbonyl (C=O) groups excluding carboxylic acids is 1. The van der Waals surface area contributed by atoms with Gasteiger partial charge in [-0.15, -0.1) is 11.6 Å². The van der Waals surface area contributed by atoms with E-state index < -0.39 is 0 Å². The maximum absolute atomic E-state index is 10.4. The highest BCUT2D eigenvalue weighted by molar-refractivity contribution is 6.18. The molecule has 0 radical (unpaired) electrons. The van der Waals surface area contributed by atoms with Gasteiger partial charge in [0.05, 0.1) is 0 Å². The topological polar surface area (TPSA) is 17.1 Å². The number of carbonyl (C=O) groups is 1. The van der Waals surface area contributed by atoms with Crippen molar-refractivity contribution in [3.05, 3.63) is 23.8 Å². The van der Waals surface area contributed by atoms with Crippen LogP contribution in [0.1, 0.15) is 33.1 Å². The molecule has 0 saturated carbocycles. The van der Waals surface area contributed by atoms with Crippen molar-refractivity contribution in [1.82, 2.24) is 0 Å². The van der Waals surface area contributed by atoms with Crippen molar-refractivity contribution in [3.63, 3.8) is 0 Å². The Balaban J connectivity index is 0.000000226. The van der Waals surface area contributed by atoms with Crippen molar-refractivity contribution in [1.29, 1.82) is 0 Å². The van der Waals surface area contributed by atoms with E-state index in [9.17, 15) is 4.79 Å². The summed E-state index contributed by atoms with van der Waals surface area (Å²) in [7, 11) is 0. The van der Waals surface area contributed by atoms with E-state index in [1.165, 1.54) is 5.57 Å². The number of allylic oxidation sites excluding steroid dienone is 4. The van der Waals surface area contributed by atoms with E-state index in [0.29, 0.717) is 5.88 Å². The largest absolute Gasteiger partial charge is 0.295 e. The SMILES string of the molecule is CC/C=C/CCl.CC1=CC(=O)CC1. The second-order valence-corrected chi connectivity index (χ2v) is 3.30. The first kappa shape index (κ1) is 12.4. The summed E-state index contributed by atoms with van der Waals surface area (Å²) < 4.78 is 0. The Morgan fingerprint density at radius 2 is 2.15 bits per heavy atom. The lowest BCUT2D eigenvalue weighted by atomic mass is 10.3. The zero-order chi connectivity index (χ0) is 10.1. The van der Waals surface area contributed by atoms with Gasteiger partial charge in [-0.25, -0.2) is 0 Å². The smallest absolute Gasteiger partial charge is 0.155 e. The fourth-order valence-corrected chi connectivity index (χ4v) is 1.10. The van der Waals surface area contributed by atoms with Crippen molar-refractivity contribution >= 4 is 17.4 Å². The van der Waals surface area contributed by atoms with Gasteiger partial charge in [-0.2, -0.15) is 0 Å². The van der Waals surface area contributed by atoms with Gasteiger partial charge in [0.25, 0.3) is 0 Å². The monoisotopic (exact) mass is 200 g/mol. The van der Waals surface area contributed by atoms with E-state index >= 15 is 0 Å². The lowest BCUT2D eigenvalue weighted by molar-refractivity contribution is -0.114. The molecule has 1 rings (SSSR count). The van der Waals surface area contributed by atoms with Crippen LogP contribution in [0.5, 0.6) is 0 Å². The summed E-state index contributed by atoms with van der Waals surface area (Å²) in [6.45, 7) is 4.08. The van der Waals surface area contributed by atoms with Crippen molar-refractivity contribution in [2.45, 2.75) is 33.1 Å². The van der Waals surface area contributed by atoms with Crippen LogP contribution in [-0.4, -0.2) is 11.7 Å². The second-order valence-electron chi connectivity index (χ2n) is 2.99. The maximum atomic E-state index is 10.4. The van der Waals surface area contributed by atoms with Gasteiger partial charge in [0, 0.05) is 12.3 Å². The summed E-state index contributed by atoms with van der Waals surface area (Å²) in [4.78, 5) is 10.4. The average Bonchev–Trinajstić information content (AvgIpc) is 2.47. The van der Waals surface area contributed by atoms with E-state index in [1.54, 1.807) is 6.08 Å². The fourth-order valence-electron chi connectivity index (χ4n) is 0.969. The van der Waals surface area contributed by atoms with Gasteiger partial charge in [-0.05, 0) is 25.8 Å². The number of hydrogen-bond donors (Lipinski definition) is 0. The minimum atomic E-state index is 0.289. The molecule has 0 spiro atoms. The average molecular weight is 201 g/mol. The molecule has 0 aliphatic heterocycles. The molecule has 0 aromatic rings. The molecule has 0 aromatic carbocycles. The molecule has 0 heterocycles. The van der Waals surface area contributed by atoms with Crippen molar-refractivity contribution in [2.75, 3.05) is 5.88 Å². The van der Waals surface area contributed by atoms with E-state index in [2.05, 4.69) is 6.92 Å². The molecule has 0 amide bonds. The quantitative estimate of drug-likeness (QED) is 0.493. The minimum Gasteiger partial charge on any atom is -0.295 e. The summed E-state index contributed by atoms with van der Waals surface area (Å²) in [6, 6.07) is 0. The predicted octanol–water partition coefficient (Wildman–Crippen LogP) is 3.49. The molecule has 1 aliphatic rings. The Kier molecular flexibility index (Phi) is 7.71. The molecule has 0 bridgehead atoms. The second kappa shape index (κ2) is 8.06. The van der Waals surface area contributed by atoms with Crippen LogP contribution in [0.15, 0.2) is 23.8 Å². The van der Waals surface area contributed by atoms with Crippen LogP contribution in [0.25, 0.3) is 0 Å². The lowest BCUT2D eigenvalue weighted by Gasteiger charge is -1.78. The van der Waals surface area contributed by atoms with Gasteiger partial charge in [0.15, 0.2) is 5.78 Å². The molecule has 1 nitrogen and oxygen atoms in total. The van der Waals surface area contributed by atoms with Crippen LogP contribution in [0.2, 0.25) is 0 Å². The summed E-state index contributed by atoms with van der Waals surface area (Å²) in [5.74, 6) is 0.936. The molecule has 74 valence electrons. The van der Waals surface area contributed by atoms with Crippen LogP contribution in [0, 0.1) is 0 Å². The molecular weight excluding hydrogens is 184 g/mol. The molecule has 0 aromatic heterocycles. The highest BCUT2D eigenvalue weighted by atomic mass is 35.5. The number of ketones is 1. The highest BCUT2D eigenvalue weighted by Gasteiger charge is 2.05. The van der Waals surface area contributed by atoms with Crippen molar-refractivity contribution < 1.29 is 4.79 Å². The minimum absolute atomic E-state index is 0.289. The summed E-state index contributed by atoms with van der Waals surface area (Å²) in [6.07, 6.45) is 8.53. The van der Waals surface area contributed by atoms with E-state index in [1.807, 2.05) is 19.1 Å². The predicted molar refractivity (Wildman–Crippen MR) is 58.1 cm³/mol. The first-order valence-electron chi connectivity index (χ1n) is 4.61. The van der Waals surface area contributed by atoms with E-state index in [-0.39, 0.29) is 5.78 Å².